The molecule has 3 aliphatic rings. The SMILES string of the molecule is O=C1C2CNC3C(F)CCCC3C2NN1c1ccccc1. The minimum atomic E-state index is -0.785. The van der Waals surface area contributed by atoms with E-state index in [0.29, 0.717) is 13.0 Å². The molecule has 2 heterocycles. The maximum absolute atomic E-state index is 14.1. The van der Waals surface area contributed by atoms with Crippen LogP contribution in [0.4, 0.5) is 10.1 Å². The summed E-state index contributed by atoms with van der Waals surface area (Å²) in [6, 6.07) is 9.58. The van der Waals surface area contributed by atoms with Crippen molar-refractivity contribution in [2.45, 2.75) is 37.5 Å². The topological polar surface area (TPSA) is 44.4 Å². The Kier molecular flexibility index (Phi) is 3.19. The number of hydrogen-bond acceptors (Lipinski definition) is 3. The lowest BCUT2D eigenvalue weighted by molar-refractivity contribution is -0.121. The number of nitrogens with one attached hydrogen (secondary N) is 2. The number of carbonyl (C=O) groups excluding carboxylic acids is 1. The van der Waals surface area contributed by atoms with Crippen LogP contribution < -0.4 is 15.8 Å². The Morgan fingerprint density at radius 3 is 2.76 bits per heavy atom. The molecule has 1 aromatic carbocycles. The van der Waals surface area contributed by atoms with Gasteiger partial charge in [-0.05, 0) is 30.9 Å². The Morgan fingerprint density at radius 2 is 1.95 bits per heavy atom. The van der Waals surface area contributed by atoms with Gasteiger partial charge in [-0.1, -0.05) is 24.6 Å². The number of anilines is 1. The van der Waals surface area contributed by atoms with E-state index in [9.17, 15) is 9.18 Å². The molecule has 3 fully saturated rings. The number of fused-ring (bicyclic) bond motifs is 3. The van der Waals surface area contributed by atoms with Gasteiger partial charge < -0.3 is 5.32 Å². The molecule has 4 rings (SSSR count). The molecule has 1 saturated carbocycles. The molecule has 1 amide bonds. The summed E-state index contributed by atoms with van der Waals surface area (Å²) in [6.07, 6.45) is 1.76. The molecular weight excluding hydrogens is 269 g/mol. The van der Waals surface area contributed by atoms with Gasteiger partial charge in [0, 0.05) is 18.6 Å². The molecule has 2 saturated heterocycles. The summed E-state index contributed by atoms with van der Waals surface area (Å²) >= 11 is 0. The molecule has 0 aromatic heterocycles. The van der Waals surface area contributed by atoms with Crippen LogP contribution in [0, 0.1) is 11.8 Å². The van der Waals surface area contributed by atoms with Crippen molar-refractivity contribution in [1.29, 1.82) is 0 Å². The summed E-state index contributed by atoms with van der Waals surface area (Å²) in [5.41, 5.74) is 4.22. The fourth-order valence-corrected chi connectivity index (χ4v) is 4.13. The van der Waals surface area contributed by atoms with Crippen molar-refractivity contribution >= 4 is 11.6 Å². The number of halogens is 1. The van der Waals surface area contributed by atoms with Crippen LogP contribution in [0.1, 0.15) is 19.3 Å². The van der Waals surface area contributed by atoms with Gasteiger partial charge in [0.2, 0.25) is 5.91 Å². The van der Waals surface area contributed by atoms with E-state index in [4.69, 9.17) is 0 Å². The first kappa shape index (κ1) is 13.2. The zero-order valence-corrected chi connectivity index (χ0v) is 11.8. The monoisotopic (exact) mass is 289 g/mol. The van der Waals surface area contributed by atoms with E-state index in [1.807, 2.05) is 30.3 Å². The van der Waals surface area contributed by atoms with E-state index < -0.39 is 6.17 Å². The second kappa shape index (κ2) is 5.07. The Balaban J connectivity index is 1.61. The van der Waals surface area contributed by atoms with Crippen LogP contribution in [-0.4, -0.2) is 30.7 Å². The van der Waals surface area contributed by atoms with E-state index in [2.05, 4.69) is 10.7 Å². The number of hydrogen-bond donors (Lipinski definition) is 2. The van der Waals surface area contributed by atoms with Gasteiger partial charge in [0.25, 0.3) is 0 Å². The molecule has 1 aliphatic carbocycles. The molecule has 5 unspecified atom stereocenters. The fourth-order valence-electron chi connectivity index (χ4n) is 4.13. The molecule has 1 aromatic rings. The predicted octanol–water partition coefficient (Wildman–Crippen LogP) is 1.63. The van der Waals surface area contributed by atoms with Crippen LogP contribution >= 0.6 is 0 Å². The number of para-hydroxylation sites is 1. The molecule has 2 N–H and O–H groups in total. The van der Waals surface area contributed by atoms with Crippen molar-refractivity contribution in [3.05, 3.63) is 30.3 Å². The van der Waals surface area contributed by atoms with Gasteiger partial charge in [0.15, 0.2) is 0 Å². The molecule has 0 radical (unpaired) electrons. The molecule has 0 spiro atoms. The lowest BCUT2D eigenvalue weighted by Crippen LogP contribution is -2.60. The van der Waals surface area contributed by atoms with E-state index in [0.717, 1.165) is 18.5 Å². The van der Waals surface area contributed by atoms with Crippen LogP contribution in [0.5, 0.6) is 0 Å². The summed E-state index contributed by atoms with van der Waals surface area (Å²) in [5.74, 6) is 0.208. The molecule has 21 heavy (non-hydrogen) atoms. The predicted molar refractivity (Wildman–Crippen MR) is 78.4 cm³/mol. The van der Waals surface area contributed by atoms with Crippen molar-refractivity contribution < 1.29 is 9.18 Å². The molecule has 0 bridgehead atoms. The van der Waals surface area contributed by atoms with Crippen LogP contribution in [0.3, 0.4) is 0 Å². The minimum Gasteiger partial charge on any atom is -0.310 e. The van der Waals surface area contributed by atoms with Gasteiger partial charge in [-0.2, -0.15) is 0 Å². The van der Waals surface area contributed by atoms with Gasteiger partial charge in [0.1, 0.15) is 6.17 Å². The normalized spacial score (nSPS) is 39.0. The highest BCUT2D eigenvalue weighted by Crippen LogP contribution is 2.38. The van der Waals surface area contributed by atoms with Crippen molar-refractivity contribution in [3.8, 4) is 0 Å². The van der Waals surface area contributed by atoms with Gasteiger partial charge in [-0.25, -0.2) is 14.8 Å². The molecular formula is C16H20FN3O. The van der Waals surface area contributed by atoms with Crippen molar-refractivity contribution in [2.24, 2.45) is 11.8 Å². The second-order valence-electron chi connectivity index (χ2n) is 6.32. The van der Waals surface area contributed by atoms with Crippen molar-refractivity contribution in [3.63, 3.8) is 0 Å². The summed E-state index contributed by atoms with van der Waals surface area (Å²) in [6.45, 7) is 0.571. The number of amides is 1. The average molecular weight is 289 g/mol. The highest BCUT2D eigenvalue weighted by Gasteiger charge is 2.52. The third-order valence-corrected chi connectivity index (χ3v) is 5.17. The third-order valence-electron chi connectivity index (χ3n) is 5.17. The van der Waals surface area contributed by atoms with E-state index in [1.54, 1.807) is 5.01 Å². The van der Waals surface area contributed by atoms with Crippen LogP contribution in [0.2, 0.25) is 0 Å². The largest absolute Gasteiger partial charge is 0.310 e. The van der Waals surface area contributed by atoms with Crippen molar-refractivity contribution in [2.75, 3.05) is 11.6 Å². The Hall–Kier alpha value is -1.46. The Labute approximate surface area is 123 Å². The molecule has 5 heteroatoms. The van der Waals surface area contributed by atoms with E-state index >= 15 is 0 Å². The number of carbonyl (C=O) groups is 1. The lowest BCUT2D eigenvalue weighted by Gasteiger charge is -2.43. The number of hydrazine groups is 1. The van der Waals surface area contributed by atoms with Crippen LogP contribution in [0.25, 0.3) is 0 Å². The second-order valence-corrected chi connectivity index (χ2v) is 6.32. The summed E-state index contributed by atoms with van der Waals surface area (Å²) in [5, 5.41) is 4.94. The molecule has 112 valence electrons. The average Bonchev–Trinajstić information content (AvgIpc) is 2.86. The maximum Gasteiger partial charge on any atom is 0.247 e. The highest BCUT2D eigenvalue weighted by molar-refractivity contribution is 5.97. The third kappa shape index (κ3) is 2.07. The van der Waals surface area contributed by atoms with Gasteiger partial charge in [0.05, 0.1) is 11.6 Å². The highest BCUT2D eigenvalue weighted by atomic mass is 19.1. The summed E-state index contributed by atoms with van der Waals surface area (Å²) < 4.78 is 14.1. The zero-order valence-electron chi connectivity index (χ0n) is 11.8. The fraction of sp³-hybridized carbons (Fsp3) is 0.562. The summed E-state index contributed by atoms with van der Waals surface area (Å²) in [4.78, 5) is 12.6. The molecule has 2 aliphatic heterocycles. The minimum absolute atomic E-state index is 0.0579. The first-order chi connectivity index (χ1) is 10.3. The summed E-state index contributed by atoms with van der Waals surface area (Å²) in [7, 11) is 0. The standard InChI is InChI=1S/C16H20FN3O/c17-13-8-4-7-11-14-12(9-18-15(11)13)16(21)20(19-14)10-5-2-1-3-6-10/h1-3,5-6,11-15,18-19H,4,7-9H2. The van der Waals surface area contributed by atoms with Crippen LogP contribution in [0.15, 0.2) is 30.3 Å². The Bertz CT molecular complexity index is 538. The van der Waals surface area contributed by atoms with E-state index in [-0.39, 0.29) is 29.8 Å². The van der Waals surface area contributed by atoms with Gasteiger partial charge in [-0.3, -0.25) is 4.79 Å². The van der Waals surface area contributed by atoms with Gasteiger partial charge in [-0.15, -0.1) is 0 Å². The number of alkyl halides is 1. The zero-order chi connectivity index (χ0) is 14.4. The molecule has 4 nitrogen and oxygen atoms in total. The smallest absolute Gasteiger partial charge is 0.247 e. The van der Waals surface area contributed by atoms with Gasteiger partial charge >= 0.3 is 0 Å². The number of rotatable bonds is 1. The van der Waals surface area contributed by atoms with Crippen molar-refractivity contribution in [1.82, 2.24) is 10.7 Å². The van der Waals surface area contributed by atoms with Crippen LogP contribution in [-0.2, 0) is 4.79 Å². The lowest BCUT2D eigenvalue weighted by atomic mass is 9.72. The van der Waals surface area contributed by atoms with E-state index in [1.165, 1.54) is 0 Å². The number of piperidine rings is 1. The number of nitrogens with zero attached hydrogens (tertiary/aromatic N) is 1. The maximum atomic E-state index is 14.1. The molecule has 5 atom stereocenters. The Morgan fingerprint density at radius 1 is 1.14 bits per heavy atom. The number of benzene rings is 1. The first-order valence-corrected chi connectivity index (χ1v) is 7.78. The first-order valence-electron chi connectivity index (χ1n) is 7.78. The quantitative estimate of drug-likeness (QED) is 0.826.